The van der Waals surface area contributed by atoms with Gasteiger partial charge in [0.1, 0.15) is 0 Å². The monoisotopic (exact) mass is 246 g/mol. The van der Waals surface area contributed by atoms with Crippen LogP contribution >= 0.6 is 0 Å². The van der Waals surface area contributed by atoms with Gasteiger partial charge in [0.05, 0.1) is 16.9 Å². The lowest BCUT2D eigenvalue weighted by molar-refractivity contribution is -0.116. The van der Waals surface area contributed by atoms with Crippen molar-refractivity contribution in [2.75, 3.05) is 10.6 Å². The van der Waals surface area contributed by atoms with E-state index in [9.17, 15) is 9.59 Å². The first-order valence-corrected chi connectivity index (χ1v) is 6.08. The van der Waals surface area contributed by atoms with E-state index in [-0.39, 0.29) is 17.5 Å². The third-order valence-corrected chi connectivity index (χ3v) is 3.50. The average Bonchev–Trinajstić information content (AvgIpc) is 3.13. The Hall–Kier alpha value is -2.04. The van der Waals surface area contributed by atoms with Gasteiger partial charge in [0.2, 0.25) is 5.91 Å². The van der Waals surface area contributed by atoms with Crippen LogP contribution in [0.4, 0.5) is 11.4 Å². The SMILES string of the molecule is O=C1CC(C2CC2)Nc2cccc(C(=O)O)c2N1. The summed E-state index contributed by atoms with van der Waals surface area (Å²) in [5.41, 5.74) is 1.22. The number of aromatic carboxylic acids is 1. The summed E-state index contributed by atoms with van der Waals surface area (Å²) < 4.78 is 0. The lowest BCUT2D eigenvalue weighted by atomic mass is 10.1. The molecule has 0 radical (unpaired) electrons. The van der Waals surface area contributed by atoms with Crippen molar-refractivity contribution in [3.63, 3.8) is 0 Å². The van der Waals surface area contributed by atoms with E-state index < -0.39 is 5.97 Å². The van der Waals surface area contributed by atoms with Crippen molar-refractivity contribution in [2.45, 2.75) is 25.3 Å². The molecule has 94 valence electrons. The molecular weight excluding hydrogens is 232 g/mol. The van der Waals surface area contributed by atoms with Crippen molar-refractivity contribution < 1.29 is 14.7 Å². The van der Waals surface area contributed by atoms with Gasteiger partial charge >= 0.3 is 5.97 Å². The first-order valence-electron chi connectivity index (χ1n) is 6.08. The molecule has 1 amide bonds. The molecule has 0 aromatic heterocycles. The molecule has 3 rings (SSSR count). The fourth-order valence-corrected chi connectivity index (χ4v) is 2.41. The van der Waals surface area contributed by atoms with Gasteiger partial charge in [-0.3, -0.25) is 4.79 Å². The quantitative estimate of drug-likeness (QED) is 0.745. The fraction of sp³-hybridized carbons (Fsp3) is 0.385. The molecule has 18 heavy (non-hydrogen) atoms. The Labute approximate surface area is 104 Å². The molecule has 1 aliphatic carbocycles. The maximum Gasteiger partial charge on any atom is 0.337 e. The average molecular weight is 246 g/mol. The number of anilines is 2. The maximum absolute atomic E-state index is 11.8. The smallest absolute Gasteiger partial charge is 0.337 e. The van der Waals surface area contributed by atoms with E-state index in [0.29, 0.717) is 23.7 Å². The van der Waals surface area contributed by atoms with Crippen LogP contribution in [0.25, 0.3) is 0 Å². The zero-order valence-corrected chi connectivity index (χ0v) is 9.77. The van der Waals surface area contributed by atoms with Gasteiger partial charge in [-0.15, -0.1) is 0 Å². The normalized spacial score (nSPS) is 22.4. The highest BCUT2D eigenvalue weighted by atomic mass is 16.4. The maximum atomic E-state index is 11.8. The van der Waals surface area contributed by atoms with Crippen LogP contribution in [0.3, 0.4) is 0 Å². The van der Waals surface area contributed by atoms with E-state index >= 15 is 0 Å². The summed E-state index contributed by atoms with van der Waals surface area (Å²) in [4.78, 5) is 23.0. The second-order valence-corrected chi connectivity index (χ2v) is 4.87. The van der Waals surface area contributed by atoms with Crippen LogP contribution < -0.4 is 10.6 Å². The molecule has 0 spiro atoms. The van der Waals surface area contributed by atoms with Crippen molar-refractivity contribution in [2.24, 2.45) is 5.92 Å². The predicted molar refractivity (Wildman–Crippen MR) is 66.8 cm³/mol. The van der Waals surface area contributed by atoms with E-state index in [1.807, 2.05) is 6.07 Å². The molecule has 1 fully saturated rings. The second kappa shape index (κ2) is 4.01. The van der Waals surface area contributed by atoms with Crippen LogP contribution in [-0.4, -0.2) is 23.0 Å². The second-order valence-electron chi connectivity index (χ2n) is 4.87. The van der Waals surface area contributed by atoms with Gasteiger partial charge in [-0.05, 0) is 30.9 Å². The fourth-order valence-electron chi connectivity index (χ4n) is 2.41. The topological polar surface area (TPSA) is 78.4 Å². The van der Waals surface area contributed by atoms with Gasteiger partial charge in [-0.2, -0.15) is 0 Å². The number of para-hydroxylation sites is 1. The molecule has 1 aromatic rings. The molecule has 3 N–H and O–H groups in total. The number of nitrogens with one attached hydrogen (secondary N) is 2. The number of fused-ring (bicyclic) bond motifs is 1. The molecule has 0 bridgehead atoms. The first-order chi connectivity index (χ1) is 8.65. The molecular formula is C13H14N2O3. The zero-order chi connectivity index (χ0) is 12.7. The summed E-state index contributed by atoms with van der Waals surface area (Å²) >= 11 is 0. The summed E-state index contributed by atoms with van der Waals surface area (Å²) in [5, 5.41) is 15.1. The first kappa shape index (κ1) is 11.1. The minimum Gasteiger partial charge on any atom is -0.478 e. The number of amides is 1. The van der Waals surface area contributed by atoms with E-state index in [0.717, 1.165) is 12.8 Å². The molecule has 0 saturated heterocycles. The number of carbonyl (C=O) groups excluding carboxylic acids is 1. The number of carboxylic acid groups (broad SMARTS) is 1. The number of benzene rings is 1. The third kappa shape index (κ3) is 1.92. The number of rotatable bonds is 2. The molecule has 1 heterocycles. The highest BCUT2D eigenvalue weighted by Gasteiger charge is 2.35. The molecule has 2 aliphatic rings. The minimum atomic E-state index is -1.03. The molecule has 1 aliphatic heterocycles. The standard InChI is InChI=1S/C13H14N2O3/c16-11-6-10(7-4-5-7)14-9-3-1-2-8(13(17)18)12(9)15-11/h1-3,7,10,14H,4-6H2,(H,15,16)(H,17,18). The van der Waals surface area contributed by atoms with Crippen molar-refractivity contribution in [3.8, 4) is 0 Å². The molecule has 5 nitrogen and oxygen atoms in total. The van der Waals surface area contributed by atoms with Crippen LogP contribution in [0.2, 0.25) is 0 Å². The molecule has 1 atom stereocenters. The Kier molecular flexibility index (Phi) is 2.47. The van der Waals surface area contributed by atoms with E-state index in [1.165, 1.54) is 6.07 Å². The Bertz CT molecular complexity index is 523. The number of carboxylic acids is 1. The molecule has 1 saturated carbocycles. The Morgan fingerprint density at radius 3 is 2.78 bits per heavy atom. The lowest BCUT2D eigenvalue weighted by Crippen LogP contribution is -2.24. The van der Waals surface area contributed by atoms with Gasteiger partial charge in [0, 0.05) is 12.5 Å². The molecule has 5 heteroatoms. The Morgan fingerprint density at radius 1 is 1.33 bits per heavy atom. The summed E-state index contributed by atoms with van der Waals surface area (Å²) in [7, 11) is 0. The van der Waals surface area contributed by atoms with Crippen LogP contribution in [0.5, 0.6) is 0 Å². The summed E-state index contributed by atoms with van der Waals surface area (Å²) in [6, 6.07) is 5.12. The highest BCUT2D eigenvalue weighted by molar-refractivity contribution is 6.05. The Morgan fingerprint density at radius 2 is 2.11 bits per heavy atom. The number of hydrogen-bond donors (Lipinski definition) is 3. The number of carbonyl (C=O) groups is 2. The van der Waals surface area contributed by atoms with Crippen molar-refractivity contribution in [3.05, 3.63) is 23.8 Å². The van der Waals surface area contributed by atoms with Crippen molar-refractivity contribution >= 4 is 23.3 Å². The van der Waals surface area contributed by atoms with Gasteiger partial charge in [0.25, 0.3) is 0 Å². The van der Waals surface area contributed by atoms with Crippen molar-refractivity contribution in [1.29, 1.82) is 0 Å². The summed E-state index contributed by atoms with van der Waals surface area (Å²) in [6.45, 7) is 0. The van der Waals surface area contributed by atoms with Crippen LogP contribution in [-0.2, 0) is 4.79 Å². The van der Waals surface area contributed by atoms with Gasteiger partial charge in [-0.1, -0.05) is 6.07 Å². The summed E-state index contributed by atoms with van der Waals surface area (Å²) in [6.07, 6.45) is 2.68. The van der Waals surface area contributed by atoms with E-state index in [1.54, 1.807) is 6.07 Å². The van der Waals surface area contributed by atoms with Crippen LogP contribution in [0.15, 0.2) is 18.2 Å². The third-order valence-electron chi connectivity index (χ3n) is 3.50. The van der Waals surface area contributed by atoms with Crippen molar-refractivity contribution in [1.82, 2.24) is 0 Å². The number of hydrogen-bond acceptors (Lipinski definition) is 3. The van der Waals surface area contributed by atoms with Gasteiger partial charge in [0.15, 0.2) is 0 Å². The largest absolute Gasteiger partial charge is 0.478 e. The highest BCUT2D eigenvalue weighted by Crippen LogP contribution is 2.39. The predicted octanol–water partition coefficient (Wildman–Crippen LogP) is 1.92. The van der Waals surface area contributed by atoms with Crippen LogP contribution in [0.1, 0.15) is 29.6 Å². The molecule has 1 aromatic carbocycles. The summed E-state index contributed by atoms with van der Waals surface area (Å²) in [5.74, 6) is -0.610. The lowest BCUT2D eigenvalue weighted by Gasteiger charge is -2.16. The van der Waals surface area contributed by atoms with Gasteiger partial charge in [-0.25, -0.2) is 4.79 Å². The minimum absolute atomic E-state index is 0.119. The van der Waals surface area contributed by atoms with Crippen LogP contribution in [0, 0.1) is 5.92 Å². The Balaban J connectivity index is 2.01. The van der Waals surface area contributed by atoms with E-state index in [4.69, 9.17) is 5.11 Å². The van der Waals surface area contributed by atoms with Gasteiger partial charge < -0.3 is 15.7 Å². The zero-order valence-electron chi connectivity index (χ0n) is 9.77. The molecule has 1 unspecified atom stereocenters. The van der Waals surface area contributed by atoms with E-state index in [2.05, 4.69) is 10.6 Å².